The van der Waals surface area contributed by atoms with Crippen LogP contribution in [0.4, 0.5) is 13.2 Å². The van der Waals surface area contributed by atoms with Crippen LogP contribution < -0.4 is 0 Å². The normalized spacial score (nSPS) is 11.8. The zero-order valence-electron chi connectivity index (χ0n) is 15.3. The molecule has 0 aliphatic carbocycles. The van der Waals surface area contributed by atoms with Gasteiger partial charge >= 0.3 is 6.18 Å². The molecule has 0 N–H and O–H groups in total. The number of benzene rings is 1. The minimum absolute atomic E-state index is 0.0633. The lowest BCUT2D eigenvalue weighted by molar-refractivity contribution is -0.141. The van der Waals surface area contributed by atoms with Crippen molar-refractivity contribution in [1.82, 2.24) is 29.9 Å². The Morgan fingerprint density at radius 2 is 1.77 bits per heavy atom. The topological polar surface area (TPSA) is 82.5 Å². The molecule has 0 aliphatic heterocycles. The number of rotatable bonds is 6. The molecule has 0 saturated carbocycles. The molecule has 4 rings (SSSR count). The second kappa shape index (κ2) is 8.85. The molecule has 0 fully saturated rings. The molecule has 3 aromatic heterocycles. The molecule has 0 spiro atoms. The fourth-order valence-electron chi connectivity index (χ4n) is 2.64. The Bertz CT molecular complexity index is 1200. The highest BCUT2D eigenvalue weighted by Gasteiger charge is 2.31. The van der Waals surface area contributed by atoms with Crippen LogP contribution in [0.1, 0.15) is 5.89 Å². The summed E-state index contributed by atoms with van der Waals surface area (Å²) < 4.78 is 46.0. The predicted octanol–water partition coefficient (Wildman–Crippen LogP) is 5.55. The fourth-order valence-corrected chi connectivity index (χ4v) is 3.91. The number of halogens is 5. The smallest absolute Gasteiger partial charge is 0.406 e. The zero-order valence-corrected chi connectivity index (χ0v) is 17.7. The lowest BCUT2D eigenvalue weighted by Crippen LogP contribution is -2.19. The maximum Gasteiger partial charge on any atom is 0.406 e. The molecule has 0 radical (unpaired) electrons. The van der Waals surface area contributed by atoms with E-state index < -0.39 is 12.7 Å². The van der Waals surface area contributed by atoms with Crippen LogP contribution in [-0.4, -0.2) is 36.1 Å². The van der Waals surface area contributed by atoms with Crippen LogP contribution in [-0.2, 0) is 12.3 Å². The van der Waals surface area contributed by atoms with E-state index in [1.807, 2.05) is 0 Å². The van der Waals surface area contributed by atoms with Crippen LogP contribution >= 0.6 is 35.0 Å². The van der Waals surface area contributed by atoms with Crippen molar-refractivity contribution in [2.45, 2.75) is 23.6 Å². The molecule has 0 bridgehead atoms. The molecule has 1 aromatic carbocycles. The molecular formula is C18H11Cl2F3N6OS. The molecule has 0 unspecified atom stereocenters. The van der Waals surface area contributed by atoms with Gasteiger partial charge in [-0.15, -0.1) is 20.4 Å². The van der Waals surface area contributed by atoms with Crippen molar-refractivity contribution in [1.29, 1.82) is 0 Å². The number of hydrogen-bond donors (Lipinski definition) is 0. The number of aromatic nitrogens is 6. The Balaban J connectivity index is 1.56. The summed E-state index contributed by atoms with van der Waals surface area (Å²) in [5, 5.41) is 16.5. The summed E-state index contributed by atoms with van der Waals surface area (Å²) in [6, 6.07) is 7.92. The van der Waals surface area contributed by atoms with Crippen molar-refractivity contribution in [2.24, 2.45) is 0 Å². The van der Waals surface area contributed by atoms with Gasteiger partial charge in [-0.05, 0) is 30.3 Å². The summed E-state index contributed by atoms with van der Waals surface area (Å²) >= 11 is 13.0. The maximum absolute atomic E-state index is 13.2. The van der Waals surface area contributed by atoms with Gasteiger partial charge in [-0.1, -0.05) is 35.0 Å². The highest BCUT2D eigenvalue weighted by Crippen LogP contribution is 2.32. The SMILES string of the molecule is FC(F)(F)Cn1c(SCc2nnc(-c3ccc(Cl)cc3Cl)o2)nnc1-c1ccncc1. The molecule has 0 atom stereocenters. The van der Waals surface area contributed by atoms with E-state index >= 15 is 0 Å². The van der Waals surface area contributed by atoms with Gasteiger partial charge in [0.05, 0.1) is 16.3 Å². The summed E-state index contributed by atoms with van der Waals surface area (Å²) in [4.78, 5) is 3.87. The van der Waals surface area contributed by atoms with Gasteiger partial charge in [0, 0.05) is 23.0 Å². The molecule has 7 nitrogen and oxygen atoms in total. The Kier molecular flexibility index (Phi) is 6.17. The number of nitrogens with zero attached hydrogens (tertiary/aromatic N) is 6. The number of alkyl halides is 3. The standard InChI is InChI=1S/C18H11Cl2F3N6OS/c19-11-1-2-12(13(20)7-11)16-27-25-14(30-16)8-31-17-28-26-15(10-3-5-24-6-4-10)29(17)9-18(21,22)23/h1-7H,8-9H2. The van der Waals surface area contributed by atoms with Crippen LogP contribution in [0.3, 0.4) is 0 Å². The van der Waals surface area contributed by atoms with E-state index in [2.05, 4.69) is 25.4 Å². The lowest BCUT2D eigenvalue weighted by Gasteiger charge is -2.12. The van der Waals surface area contributed by atoms with Crippen molar-refractivity contribution < 1.29 is 17.6 Å². The Morgan fingerprint density at radius 3 is 2.48 bits per heavy atom. The minimum atomic E-state index is -4.46. The maximum atomic E-state index is 13.2. The second-order valence-electron chi connectivity index (χ2n) is 6.16. The molecule has 13 heteroatoms. The Hall–Kier alpha value is -2.63. The molecular weight excluding hydrogens is 476 g/mol. The Morgan fingerprint density at radius 1 is 1.00 bits per heavy atom. The molecule has 4 aromatic rings. The lowest BCUT2D eigenvalue weighted by atomic mass is 10.2. The molecule has 160 valence electrons. The number of pyridine rings is 1. The summed E-state index contributed by atoms with van der Waals surface area (Å²) in [5.41, 5.74) is 0.964. The first-order valence-electron chi connectivity index (χ1n) is 8.61. The average molecular weight is 487 g/mol. The quantitative estimate of drug-likeness (QED) is 0.330. The van der Waals surface area contributed by atoms with E-state index in [1.165, 1.54) is 18.5 Å². The van der Waals surface area contributed by atoms with Gasteiger partial charge in [0.25, 0.3) is 0 Å². The van der Waals surface area contributed by atoms with Crippen LogP contribution in [0.25, 0.3) is 22.8 Å². The summed E-state index contributed by atoms with van der Waals surface area (Å²) in [6.45, 7) is -1.24. The first kappa shape index (κ1) is 21.6. The van der Waals surface area contributed by atoms with E-state index in [0.29, 0.717) is 21.2 Å². The third-order valence-electron chi connectivity index (χ3n) is 3.95. The van der Waals surface area contributed by atoms with E-state index in [0.717, 1.165) is 16.3 Å². The van der Waals surface area contributed by atoms with Gasteiger partial charge in [-0.3, -0.25) is 9.55 Å². The fraction of sp³-hybridized carbons (Fsp3) is 0.167. The van der Waals surface area contributed by atoms with Crippen molar-refractivity contribution >= 4 is 35.0 Å². The summed E-state index contributed by atoms with van der Waals surface area (Å²) in [7, 11) is 0. The highest BCUT2D eigenvalue weighted by atomic mass is 35.5. The first-order chi connectivity index (χ1) is 14.8. The van der Waals surface area contributed by atoms with Crippen LogP contribution in [0.5, 0.6) is 0 Å². The molecule has 31 heavy (non-hydrogen) atoms. The van der Waals surface area contributed by atoms with E-state index in [4.69, 9.17) is 27.6 Å². The van der Waals surface area contributed by atoms with Gasteiger partial charge in [0.1, 0.15) is 6.54 Å². The highest BCUT2D eigenvalue weighted by molar-refractivity contribution is 7.98. The minimum Gasteiger partial charge on any atom is -0.420 e. The van der Waals surface area contributed by atoms with E-state index in [-0.39, 0.29) is 28.5 Å². The van der Waals surface area contributed by atoms with Crippen LogP contribution in [0, 0.1) is 0 Å². The second-order valence-corrected chi connectivity index (χ2v) is 7.94. The number of hydrogen-bond acceptors (Lipinski definition) is 7. The van der Waals surface area contributed by atoms with Gasteiger partial charge in [-0.2, -0.15) is 13.2 Å². The zero-order chi connectivity index (χ0) is 22.0. The molecule has 0 aliphatic rings. The van der Waals surface area contributed by atoms with Gasteiger partial charge < -0.3 is 4.42 Å². The molecule has 3 heterocycles. The third kappa shape index (κ3) is 5.17. The van der Waals surface area contributed by atoms with Gasteiger partial charge in [0.15, 0.2) is 11.0 Å². The first-order valence-corrected chi connectivity index (χ1v) is 10.4. The largest absolute Gasteiger partial charge is 0.420 e. The van der Waals surface area contributed by atoms with Crippen LogP contribution in [0.15, 0.2) is 52.3 Å². The van der Waals surface area contributed by atoms with Crippen LogP contribution in [0.2, 0.25) is 10.0 Å². The third-order valence-corrected chi connectivity index (χ3v) is 5.45. The predicted molar refractivity (Wildman–Crippen MR) is 109 cm³/mol. The van der Waals surface area contributed by atoms with E-state index in [1.54, 1.807) is 24.3 Å². The van der Waals surface area contributed by atoms with Crippen molar-refractivity contribution in [2.75, 3.05) is 0 Å². The number of thioether (sulfide) groups is 1. The molecule has 0 saturated heterocycles. The Labute approximate surface area is 187 Å². The van der Waals surface area contributed by atoms with E-state index in [9.17, 15) is 13.2 Å². The van der Waals surface area contributed by atoms with Crippen molar-refractivity contribution in [3.8, 4) is 22.8 Å². The monoisotopic (exact) mass is 486 g/mol. The van der Waals surface area contributed by atoms with Gasteiger partial charge in [0.2, 0.25) is 11.8 Å². The molecule has 0 amide bonds. The average Bonchev–Trinajstić information content (AvgIpc) is 3.33. The summed E-state index contributed by atoms with van der Waals surface area (Å²) in [5.74, 6) is 0.538. The van der Waals surface area contributed by atoms with Gasteiger partial charge in [-0.25, -0.2) is 0 Å². The van der Waals surface area contributed by atoms with Crippen molar-refractivity contribution in [3.05, 3.63) is 58.7 Å². The summed E-state index contributed by atoms with van der Waals surface area (Å²) in [6.07, 6.45) is -1.52. The van der Waals surface area contributed by atoms with Crippen molar-refractivity contribution in [3.63, 3.8) is 0 Å².